The van der Waals surface area contributed by atoms with E-state index < -0.39 is 5.97 Å². The molecule has 0 saturated carbocycles. The third-order valence-electron chi connectivity index (χ3n) is 3.10. The van der Waals surface area contributed by atoms with Crippen molar-refractivity contribution in [3.05, 3.63) is 0 Å². The number of aliphatic carboxylic acids is 1. The number of carboxylic acids is 1. The normalized spacial score (nSPS) is 24.1. The van der Waals surface area contributed by atoms with Gasteiger partial charge in [0.05, 0.1) is 6.61 Å². The van der Waals surface area contributed by atoms with Crippen LogP contribution in [0.15, 0.2) is 0 Å². The molecule has 4 heteroatoms. The minimum absolute atomic E-state index is 0.149. The summed E-state index contributed by atoms with van der Waals surface area (Å²) in [6.45, 7) is 6.94. The number of hydrogen-bond donors (Lipinski definition) is 1. The van der Waals surface area contributed by atoms with Gasteiger partial charge >= 0.3 is 5.97 Å². The molecule has 0 aliphatic carbocycles. The molecule has 2 unspecified atom stereocenters. The number of carbonyl (C=O) groups is 1. The van der Waals surface area contributed by atoms with Gasteiger partial charge in [-0.2, -0.15) is 0 Å². The second kappa shape index (κ2) is 6.08. The topological polar surface area (TPSA) is 49.8 Å². The van der Waals surface area contributed by atoms with Crippen molar-refractivity contribution in [2.24, 2.45) is 5.92 Å². The molecule has 1 rings (SSSR count). The van der Waals surface area contributed by atoms with Crippen molar-refractivity contribution in [2.75, 3.05) is 26.3 Å². The lowest BCUT2D eigenvalue weighted by Crippen LogP contribution is -2.48. The lowest BCUT2D eigenvalue weighted by Gasteiger charge is -2.34. The largest absolute Gasteiger partial charge is 0.480 e. The fraction of sp³-hybridized carbons (Fsp3) is 0.909. The Balaban J connectivity index is 2.66. The second-order valence-corrected chi connectivity index (χ2v) is 3.98. The third-order valence-corrected chi connectivity index (χ3v) is 3.10. The minimum atomic E-state index is -0.714. The summed E-state index contributed by atoms with van der Waals surface area (Å²) in [6, 6.07) is -0.375. The maximum atomic E-state index is 11.3. The molecular formula is C11H21NO3. The van der Waals surface area contributed by atoms with Gasteiger partial charge in [0, 0.05) is 12.5 Å². The van der Waals surface area contributed by atoms with Gasteiger partial charge in [0.15, 0.2) is 0 Å². The van der Waals surface area contributed by atoms with Gasteiger partial charge in [0.2, 0.25) is 0 Å². The minimum Gasteiger partial charge on any atom is -0.480 e. The van der Waals surface area contributed by atoms with E-state index >= 15 is 0 Å². The SMILES string of the molecule is CCN(CC)C(C(=O)O)C1CCCOC1. The molecule has 1 heterocycles. The molecule has 88 valence electrons. The second-order valence-electron chi connectivity index (χ2n) is 3.98. The van der Waals surface area contributed by atoms with Crippen LogP contribution in [0, 0.1) is 5.92 Å². The van der Waals surface area contributed by atoms with Crippen LogP contribution in [0.25, 0.3) is 0 Å². The Morgan fingerprint density at radius 1 is 1.53 bits per heavy atom. The van der Waals surface area contributed by atoms with E-state index in [0.29, 0.717) is 6.61 Å². The van der Waals surface area contributed by atoms with E-state index in [1.165, 1.54) is 0 Å². The number of ether oxygens (including phenoxy) is 1. The monoisotopic (exact) mass is 215 g/mol. The Bertz CT molecular complexity index is 198. The van der Waals surface area contributed by atoms with E-state index in [-0.39, 0.29) is 12.0 Å². The van der Waals surface area contributed by atoms with Crippen molar-refractivity contribution in [3.8, 4) is 0 Å². The molecule has 0 aromatic heterocycles. The van der Waals surface area contributed by atoms with Crippen LogP contribution in [-0.2, 0) is 9.53 Å². The van der Waals surface area contributed by atoms with Gasteiger partial charge in [-0.15, -0.1) is 0 Å². The van der Waals surface area contributed by atoms with Gasteiger partial charge in [-0.05, 0) is 25.9 Å². The highest BCUT2D eigenvalue weighted by Crippen LogP contribution is 2.21. The molecule has 0 aromatic rings. The molecule has 1 fully saturated rings. The number of nitrogens with zero attached hydrogens (tertiary/aromatic N) is 1. The Hall–Kier alpha value is -0.610. The molecule has 15 heavy (non-hydrogen) atoms. The average molecular weight is 215 g/mol. The van der Waals surface area contributed by atoms with Crippen LogP contribution in [0.3, 0.4) is 0 Å². The number of likely N-dealkylation sites (N-methyl/N-ethyl adjacent to an activating group) is 1. The average Bonchev–Trinajstić information content (AvgIpc) is 2.26. The molecule has 0 bridgehead atoms. The summed E-state index contributed by atoms with van der Waals surface area (Å²) in [5.74, 6) is -0.564. The predicted octanol–water partition coefficient (Wildman–Crippen LogP) is 1.21. The Morgan fingerprint density at radius 2 is 2.20 bits per heavy atom. The Labute approximate surface area is 91.2 Å². The number of hydrogen-bond acceptors (Lipinski definition) is 3. The first-order valence-corrected chi connectivity index (χ1v) is 5.75. The van der Waals surface area contributed by atoms with Crippen molar-refractivity contribution < 1.29 is 14.6 Å². The highest BCUT2D eigenvalue weighted by Gasteiger charge is 2.33. The zero-order valence-corrected chi connectivity index (χ0v) is 9.61. The summed E-state index contributed by atoms with van der Waals surface area (Å²) >= 11 is 0. The lowest BCUT2D eigenvalue weighted by atomic mass is 9.92. The molecular weight excluding hydrogens is 194 g/mol. The smallest absolute Gasteiger partial charge is 0.321 e. The van der Waals surface area contributed by atoms with E-state index in [1.807, 2.05) is 18.7 Å². The summed E-state index contributed by atoms with van der Waals surface area (Å²) in [5.41, 5.74) is 0. The highest BCUT2D eigenvalue weighted by molar-refractivity contribution is 5.74. The van der Waals surface area contributed by atoms with Gasteiger partial charge in [0.25, 0.3) is 0 Å². The zero-order valence-electron chi connectivity index (χ0n) is 9.61. The molecule has 2 atom stereocenters. The fourth-order valence-corrected chi connectivity index (χ4v) is 2.29. The summed E-state index contributed by atoms with van der Waals surface area (Å²) in [6.07, 6.45) is 1.95. The standard InChI is InChI=1S/C11H21NO3/c1-3-12(4-2)10(11(13)14)9-6-5-7-15-8-9/h9-10H,3-8H2,1-2H3,(H,13,14). The van der Waals surface area contributed by atoms with Crippen molar-refractivity contribution in [1.29, 1.82) is 0 Å². The van der Waals surface area contributed by atoms with Crippen molar-refractivity contribution in [2.45, 2.75) is 32.7 Å². The van der Waals surface area contributed by atoms with E-state index in [1.54, 1.807) is 0 Å². The lowest BCUT2D eigenvalue weighted by molar-refractivity contribution is -0.147. The van der Waals surface area contributed by atoms with E-state index in [9.17, 15) is 9.90 Å². The van der Waals surface area contributed by atoms with Crippen LogP contribution in [-0.4, -0.2) is 48.3 Å². The maximum Gasteiger partial charge on any atom is 0.321 e. The Kier molecular flexibility index (Phi) is 5.05. The molecule has 1 saturated heterocycles. The van der Waals surface area contributed by atoms with Crippen LogP contribution in [0.1, 0.15) is 26.7 Å². The van der Waals surface area contributed by atoms with Crippen LogP contribution < -0.4 is 0 Å². The number of carboxylic acid groups (broad SMARTS) is 1. The molecule has 0 amide bonds. The van der Waals surface area contributed by atoms with Crippen LogP contribution >= 0.6 is 0 Å². The molecule has 1 N–H and O–H groups in total. The van der Waals surface area contributed by atoms with Crippen LogP contribution in [0.4, 0.5) is 0 Å². The molecule has 1 aliphatic rings. The Morgan fingerprint density at radius 3 is 2.60 bits per heavy atom. The van der Waals surface area contributed by atoms with Gasteiger partial charge in [0.1, 0.15) is 6.04 Å². The summed E-state index contributed by atoms with van der Waals surface area (Å²) in [4.78, 5) is 13.3. The maximum absolute atomic E-state index is 11.3. The third kappa shape index (κ3) is 3.18. The summed E-state index contributed by atoms with van der Waals surface area (Å²) < 4.78 is 5.36. The molecule has 0 aromatic carbocycles. The number of rotatable bonds is 5. The van der Waals surface area contributed by atoms with E-state index in [2.05, 4.69) is 0 Å². The van der Waals surface area contributed by atoms with E-state index in [4.69, 9.17) is 4.74 Å². The van der Waals surface area contributed by atoms with Crippen molar-refractivity contribution in [3.63, 3.8) is 0 Å². The summed E-state index contributed by atoms with van der Waals surface area (Å²) in [5, 5.41) is 9.26. The quantitative estimate of drug-likeness (QED) is 0.749. The van der Waals surface area contributed by atoms with Gasteiger partial charge < -0.3 is 9.84 Å². The predicted molar refractivity (Wildman–Crippen MR) is 57.9 cm³/mol. The molecule has 1 aliphatic heterocycles. The first-order chi connectivity index (χ1) is 7.20. The highest BCUT2D eigenvalue weighted by atomic mass is 16.5. The van der Waals surface area contributed by atoms with Crippen LogP contribution in [0.2, 0.25) is 0 Å². The van der Waals surface area contributed by atoms with Crippen LogP contribution in [0.5, 0.6) is 0 Å². The molecule has 0 spiro atoms. The first kappa shape index (κ1) is 12.5. The molecule has 4 nitrogen and oxygen atoms in total. The fourth-order valence-electron chi connectivity index (χ4n) is 2.29. The molecule has 0 radical (unpaired) electrons. The van der Waals surface area contributed by atoms with Gasteiger partial charge in [-0.3, -0.25) is 9.69 Å². The zero-order chi connectivity index (χ0) is 11.3. The summed E-state index contributed by atoms with van der Waals surface area (Å²) in [7, 11) is 0. The van der Waals surface area contributed by atoms with Crippen molar-refractivity contribution in [1.82, 2.24) is 4.90 Å². The van der Waals surface area contributed by atoms with Gasteiger partial charge in [-0.25, -0.2) is 0 Å². The van der Waals surface area contributed by atoms with E-state index in [0.717, 1.165) is 32.5 Å². The van der Waals surface area contributed by atoms with Gasteiger partial charge in [-0.1, -0.05) is 13.8 Å². The van der Waals surface area contributed by atoms with Crippen molar-refractivity contribution >= 4 is 5.97 Å². The first-order valence-electron chi connectivity index (χ1n) is 5.75.